The highest BCUT2D eigenvalue weighted by Crippen LogP contribution is 2.28. The second-order valence-electron chi connectivity index (χ2n) is 2.73. The first-order valence-electron chi connectivity index (χ1n) is 3.74. The molecule has 0 saturated carbocycles. The molecular formula is C8H10N2O. The van der Waals surface area contributed by atoms with Crippen LogP contribution in [0.5, 0.6) is 5.75 Å². The summed E-state index contributed by atoms with van der Waals surface area (Å²) in [5.41, 5.74) is 0.964. The topological polar surface area (TPSA) is 45.2 Å². The molecule has 0 spiro atoms. The summed E-state index contributed by atoms with van der Waals surface area (Å²) in [6, 6.07) is 2.20. The Kier molecular flexibility index (Phi) is 1.51. The van der Waals surface area contributed by atoms with Gasteiger partial charge in [-0.1, -0.05) is 0 Å². The molecule has 11 heavy (non-hydrogen) atoms. The first-order chi connectivity index (χ1) is 5.38. The highest BCUT2D eigenvalue weighted by molar-refractivity contribution is 5.32. The summed E-state index contributed by atoms with van der Waals surface area (Å²) in [6.45, 7) is 1.05. The molecule has 1 aromatic heterocycles. The van der Waals surface area contributed by atoms with Crippen LogP contribution in [-0.2, 0) is 0 Å². The lowest BCUT2D eigenvalue weighted by Gasteiger charge is -2.28. The SMILES string of the molecule is Oc1cnccc1[C@@H]1CCN1. The third kappa shape index (κ3) is 1.07. The Balaban J connectivity index is 2.28. The van der Waals surface area contributed by atoms with Crippen LogP contribution in [-0.4, -0.2) is 16.6 Å². The van der Waals surface area contributed by atoms with Crippen LogP contribution in [0.25, 0.3) is 0 Å². The predicted molar refractivity (Wildman–Crippen MR) is 41.3 cm³/mol. The molecule has 1 aromatic rings. The molecule has 1 atom stereocenters. The molecule has 0 aromatic carbocycles. The van der Waals surface area contributed by atoms with Crippen LogP contribution in [0.15, 0.2) is 18.5 Å². The van der Waals surface area contributed by atoms with E-state index >= 15 is 0 Å². The van der Waals surface area contributed by atoms with E-state index in [1.165, 1.54) is 6.20 Å². The smallest absolute Gasteiger partial charge is 0.138 e. The molecule has 2 N–H and O–H groups in total. The molecule has 0 aliphatic carbocycles. The van der Waals surface area contributed by atoms with E-state index in [2.05, 4.69) is 10.3 Å². The van der Waals surface area contributed by atoms with E-state index in [-0.39, 0.29) is 0 Å². The van der Waals surface area contributed by atoms with Crippen LogP contribution in [0.2, 0.25) is 0 Å². The summed E-state index contributed by atoms with van der Waals surface area (Å²) in [4.78, 5) is 3.81. The minimum Gasteiger partial charge on any atom is -0.506 e. The van der Waals surface area contributed by atoms with Crippen LogP contribution in [0.1, 0.15) is 18.0 Å². The van der Waals surface area contributed by atoms with Crippen molar-refractivity contribution in [3.05, 3.63) is 24.0 Å². The monoisotopic (exact) mass is 150 g/mol. The molecule has 1 aliphatic heterocycles. The van der Waals surface area contributed by atoms with Gasteiger partial charge >= 0.3 is 0 Å². The molecule has 0 amide bonds. The summed E-state index contributed by atoms with van der Waals surface area (Å²) in [5, 5.41) is 12.6. The Hall–Kier alpha value is -1.09. The molecule has 3 nitrogen and oxygen atoms in total. The lowest BCUT2D eigenvalue weighted by Crippen LogP contribution is -2.34. The van der Waals surface area contributed by atoms with E-state index in [1.54, 1.807) is 6.20 Å². The van der Waals surface area contributed by atoms with Crippen molar-refractivity contribution < 1.29 is 5.11 Å². The maximum atomic E-state index is 9.34. The third-order valence-corrected chi connectivity index (χ3v) is 2.03. The van der Waals surface area contributed by atoms with Gasteiger partial charge in [-0.15, -0.1) is 0 Å². The Morgan fingerprint density at radius 3 is 3.00 bits per heavy atom. The molecular weight excluding hydrogens is 140 g/mol. The Labute approximate surface area is 65.1 Å². The number of aromatic hydroxyl groups is 1. The maximum absolute atomic E-state index is 9.34. The van der Waals surface area contributed by atoms with Crippen molar-refractivity contribution in [2.75, 3.05) is 6.54 Å². The fraction of sp³-hybridized carbons (Fsp3) is 0.375. The van der Waals surface area contributed by atoms with Gasteiger partial charge in [-0.2, -0.15) is 0 Å². The van der Waals surface area contributed by atoms with Gasteiger partial charge in [0.25, 0.3) is 0 Å². The van der Waals surface area contributed by atoms with Gasteiger partial charge in [0.05, 0.1) is 6.20 Å². The van der Waals surface area contributed by atoms with Crippen molar-refractivity contribution in [3.63, 3.8) is 0 Å². The Morgan fingerprint density at radius 1 is 1.64 bits per heavy atom. The summed E-state index contributed by atoms with van der Waals surface area (Å²) in [5.74, 6) is 0.296. The van der Waals surface area contributed by atoms with Crippen molar-refractivity contribution in [1.29, 1.82) is 0 Å². The van der Waals surface area contributed by atoms with Crippen molar-refractivity contribution in [1.82, 2.24) is 10.3 Å². The largest absolute Gasteiger partial charge is 0.506 e. The summed E-state index contributed by atoms with van der Waals surface area (Å²) in [6.07, 6.45) is 4.29. The molecule has 3 heteroatoms. The molecule has 1 aliphatic rings. The summed E-state index contributed by atoms with van der Waals surface area (Å²) >= 11 is 0. The van der Waals surface area contributed by atoms with Gasteiger partial charge in [0.15, 0.2) is 0 Å². The molecule has 58 valence electrons. The van der Waals surface area contributed by atoms with E-state index in [1.807, 2.05) is 6.07 Å². The van der Waals surface area contributed by atoms with Gasteiger partial charge in [-0.05, 0) is 19.0 Å². The Bertz CT molecular complexity index is 258. The highest BCUT2D eigenvalue weighted by atomic mass is 16.3. The molecule has 2 rings (SSSR count). The van der Waals surface area contributed by atoms with Crippen LogP contribution < -0.4 is 5.32 Å². The zero-order valence-electron chi connectivity index (χ0n) is 6.12. The van der Waals surface area contributed by atoms with E-state index in [0.29, 0.717) is 11.8 Å². The van der Waals surface area contributed by atoms with Crippen molar-refractivity contribution in [2.24, 2.45) is 0 Å². The van der Waals surface area contributed by atoms with Crippen LogP contribution in [0, 0.1) is 0 Å². The van der Waals surface area contributed by atoms with Gasteiger partial charge < -0.3 is 10.4 Å². The van der Waals surface area contributed by atoms with Gasteiger partial charge in [0, 0.05) is 17.8 Å². The number of pyridine rings is 1. The van der Waals surface area contributed by atoms with E-state index in [9.17, 15) is 5.11 Å². The van der Waals surface area contributed by atoms with Gasteiger partial charge in [-0.25, -0.2) is 0 Å². The van der Waals surface area contributed by atoms with E-state index < -0.39 is 0 Å². The minimum atomic E-state index is 0.296. The number of hydrogen-bond acceptors (Lipinski definition) is 3. The fourth-order valence-corrected chi connectivity index (χ4v) is 1.25. The second-order valence-corrected chi connectivity index (χ2v) is 2.73. The van der Waals surface area contributed by atoms with Crippen LogP contribution >= 0.6 is 0 Å². The standard InChI is InChI=1S/C8H10N2O/c11-8-5-9-3-1-6(8)7-2-4-10-7/h1,3,5,7,10-11H,2,4H2/t7-/m0/s1. The van der Waals surface area contributed by atoms with Crippen molar-refractivity contribution in [3.8, 4) is 5.75 Å². The molecule has 0 radical (unpaired) electrons. The number of rotatable bonds is 1. The quantitative estimate of drug-likeness (QED) is 0.623. The average molecular weight is 150 g/mol. The molecule has 0 unspecified atom stereocenters. The highest BCUT2D eigenvalue weighted by Gasteiger charge is 2.20. The van der Waals surface area contributed by atoms with E-state index in [0.717, 1.165) is 18.5 Å². The van der Waals surface area contributed by atoms with Gasteiger partial charge in [0.1, 0.15) is 5.75 Å². The Morgan fingerprint density at radius 2 is 2.45 bits per heavy atom. The second kappa shape index (κ2) is 2.51. The van der Waals surface area contributed by atoms with Gasteiger partial charge in [0.2, 0.25) is 0 Å². The minimum absolute atomic E-state index is 0.296. The number of nitrogens with zero attached hydrogens (tertiary/aromatic N) is 1. The third-order valence-electron chi connectivity index (χ3n) is 2.03. The molecule has 0 bridgehead atoms. The zero-order chi connectivity index (χ0) is 7.68. The first-order valence-corrected chi connectivity index (χ1v) is 3.74. The zero-order valence-corrected chi connectivity index (χ0v) is 6.12. The first kappa shape index (κ1) is 6.61. The molecule has 1 fully saturated rings. The van der Waals surface area contributed by atoms with Gasteiger partial charge in [-0.3, -0.25) is 4.98 Å². The average Bonchev–Trinajstić information content (AvgIpc) is 1.90. The normalized spacial score (nSPS) is 22.7. The number of hydrogen-bond donors (Lipinski definition) is 2. The summed E-state index contributed by atoms with van der Waals surface area (Å²) in [7, 11) is 0. The van der Waals surface area contributed by atoms with Crippen molar-refractivity contribution >= 4 is 0 Å². The number of aromatic nitrogens is 1. The maximum Gasteiger partial charge on any atom is 0.138 e. The van der Waals surface area contributed by atoms with E-state index in [4.69, 9.17) is 0 Å². The lowest BCUT2D eigenvalue weighted by atomic mass is 9.98. The molecule has 2 heterocycles. The lowest BCUT2D eigenvalue weighted by molar-refractivity contribution is 0.363. The van der Waals surface area contributed by atoms with Crippen LogP contribution in [0.4, 0.5) is 0 Å². The molecule has 1 saturated heterocycles. The number of nitrogens with one attached hydrogen (secondary N) is 1. The summed E-state index contributed by atoms with van der Waals surface area (Å²) < 4.78 is 0. The van der Waals surface area contributed by atoms with Crippen LogP contribution in [0.3, 0.4) is 0 Å². The fourth-order valence-electron chi connectivity index (χ4n) is 1.25. The predicted octanol–water partition coefficient (Wildman–Crippen LogP) is 0.822. The van der Waals surface area contributed by atoms with Crippen molar-refractivity contribution in [2.45, 2.75) is 12.5 Å².